The van der Waals surface area contributed by atoms with Crippen molar-refractivity contribution in [3.05, 3.63) is 41.7 Å². The van der Waals surface area contributed by atoms with Crippen LogP contribution in [0.3, 0.4) is 0 Å². The fourth-order valence-electron chi connectivity index (χ4n) is 3.33. The number of nitrogens with zero attached hydrogens (tertiary/aromatic N) is 3. The van der Waals surface area contributed by atoms with E-state index in [0.29, 0.717) is 11.6 Å². The summed E-state index contributed by atoms with van der Waals surface area (Å²) in [5.41, 5.74) is 2.42. The summed E-state index contributed by atoms with van der Waals surface area (Å²) in [5, 5.41) is 21.2. The van der Waals surface area contributed by atoms with Crippen LogP contribution in [0.5, 0.6) is 0 Å². The lowest BCUT2D eigenvalue weighted by Crippen LogP contribution is -2.33. The average molecular weight is 326 g/mol. The molecule has 0 bridgehead atoms. The minimum atomic E-state index is -0.849. The van der Waals surface area contributed by atoms with Crippen molar-refractivity contribution in [1.82, 2.24) is 15.4 Å². The first-order valence-corrected chi connectivity index (χ1v) is 8.06. The number of para-hydroxylation sites is 1. The van der Waals surface area contributed by atoms with Gasteiger partial charge in [-0.2, -0.15) is 5.10 Å². The Hall–Kier alpha value is -2.83. The lowest BCUT2D eigenvalue weighted by molar-refractivity contribution is -0.136. The lowest BCUT2D eigenvalue weighted by Gasteiger charge is -2.31. The first kappa shape index (κ1) is 14.7. The third kappa shape index (κ3) is 2.73. The van der Waals surface area contributed by atoms with Crippen molar-refractivity contribution < 1.29 is 14.4 Å². The van der Waals surface area contributed by atoms with Gasteiger partial charge in [-0.3, -0.25) is 9.89 Å². The molecule has 3 heterocycles. The fraction of sp³-hybridized carbons (Fsp3) is 0.353. The number of rotatable bonds is 4. The second-order valence-corrected chi connectivity index (χ2v) is 6.15. The van der Waals surface area contributed by atoms with Gasteiger partial charge in [-0.1, -0.05) is 17.3 Å². The SMILES string of the molecule is O=C(O)Cc1cc(C2CCN(c3noc4ccccc34)CC2)n[nH]1. The van der Waals surface area contributed by atoms with Crippen LogP contribution < -0.4 is 4.90 Å². The van der Waals surface area contributed by atoms with Crippen molar-refractivity contribution in [2.24, 2.45) is 0 Å². The molecule has 0 unspecified atom stereocenters. The van der Waals surface area contributed by atoms with Crippen molar-refractivity contribution in [1.29, 1.82) is 0 Å². The molecule has 24 heavy (non-hydrogen) atoms. The van der Waals surface area contributed by atoms with E-state index in [1.54, 1.807) is 0 Å². The highest BCUT2D eigenvalue weighted by Gasteiger charge is 2.25. The summed E-state index contributed by atoms with van der Waals surface area (Å²) in [5.74, 6) is 0.397. The first-order chi connectivity index (χ1) is 11.7. The number of piperidine rings is 1. The van der Waals surface area contributed by atoms with Crippen molar-refractivity contribution in [3.63, 3.8) is 0 Å². The zero-order valence-electron chi connectivity index (χ0n) is 13.1. The molecule has 3 aromatic rings. The van der Waals surface area contributed by atoms with E-state index >= 15 is 0 Å². The van der Waals surface area contributed by atoms with Crippen LogP contribution in [-0.4, -0.2) is 39.5 Å². The molecule has 2 aromatic heterocycles. The smallest absolute Gasteiger partial charge is 0.309 e. The third-order valence-corrected chi connectivity index (χ3v) is 4.56. The van der Waals surface area contributed by atoms with Gasteiger partial charge in [-0.15, -0.1) is 0 Å². The number of carbonyl (C=O) groups is 1. The Balaban J connectivity index is 1.45. The Labute approximate surface area is 138 Å². The summed E-state index contributed by atoms with van der Waals surface area (Å²) >= 11 is 0. The molecular formula is C17H18N4O3. The second-order valence-electron chi connectivity index (χ2n) is 6.15. The van der Waals surface area contributed by atoms with Crippen LogP contribution in [0.1, 0.15) is 30.1 Å². The number of benzene rings is 1. The maximum atomic E-state index is 10.8. The predicted octanol–water partition coefficient (Wildman–Crippen LogP) is 2.56. The Morgan fingerprint density at radius 2 is 2.12 bits per heavy atom. The summed E-state index contributed by atoms with van der Waals surface area (Å²) < 4.78 is 5.39. The molecule has 0 saturated carbocycles. The third-order valence-electron chi connectivity index (χ3n) is 4.56. The van der Waals surface area contributed by atoms with Crippen LogP contribution in [-0.2, 0) is 11.2 Å². The number of aromatic nitrogens is 3. The quantitative estimate of drug-likeness (QED) is 0.765. The highest BCUT2D eigenvalue weighted by molar-refractivity contribution is 5.88. The number of aliphatic carboxylic acids is 1. The fourth-order valence-corrected chi connectivity index (χ4v) is 3.33. The van der Waals surface area contributed by atoms with Gasteiger partial charge < -0.3 is 14.5 Å². The monoisotopic (exact) mass is 326 g/mol. The number of aromatic amines is 1. The van der Waals surface area contributed by atoms with Gasteiger partial charge >= 0.3 is 5.97 Å². The predicted molar refractivity (Wildman–Crippen MR) is 88.1 cm³/mol. The summed E-state index contributed by atoms with van der Waals surface area (Å²) in [4.78, 5) is 13.0. The van der Waals surface area contributed by atoms with Crippen LogP contribution in [0, 0.1) is 0 Å². The van der Waals surface area contributed by atoms with E-state index in [0.717, 1.165) is 48.4 Å². The number of fused-ring (bicyclic) bond motifs is 1. The van der Waals surface area contributed by atoms with E-state index in [1.165, 1.54) is 0 Å². The van der Waals surface area contributed by atoms with Gasteiger partial charge in [0, 0.05) is 24.7 Å². The van der Waals surface area contributed by atoms with Crippen LogP contribution in [0.4, 0.5) is 5.82 Å². The van der Waals surface area contributed by atoms with E-state index in [2.05, 4.69) is 20.3 Å². The molecule has 1 aliphatic rings. The summed E-state index contributed by atoms with van der Waals surface area (Å²) in [6, 6.07) is 9.75. The molecule has 1 saturated heterocycles. The number of H-pyrrole nitrogens is 1. The zero-order chi connectivity index (χ0) is 16.5. The maximum Gasteiger partial charge on any atom is 0.309 e. The van der Waals surface area contributed by atoms with Gasteiger partial charge in [0.2, 0.25) is 0 Å². The largest absolute Gasteiger partial charge is 0.481 e. The zero-order valence-corrected chi connectivity index (χ0v) is 13.1. The molecule has 4 rings (SSSR count). The Bertz CT molecular complexity index is 861. The van der Waals surface area contributed by atoms with Gasteiger partial charge in [-0.25, -0.2) is 0 Å². The molecule has 124 valence electrons. The minimum absolute atomic E-state index is 0.0171. The van der Waals surface area contributed by atoms with E-state index in [9.17, 15) is 4.79 Å². The molecule has 0 aliphatic carbocycles. The molecule has 1 aliphatic heterocycles. The number of hydrogen-bond acceptors (Lipinski definition) is 5. The van der Waals surface area contributed by atoms with E-state index in [-0.39, 0.29) is 6.42 Å². The Morgan fingerprint density at radius 3 is 2.92 bits per heavy atom. The van der Waals surface area contributed by atoms with Crippen molar-refractivity contribution >= 4 is 22.8 Å². The van der Waals surface area contributed by atoms with E-state index in [4.69, 9.17) is 9.63 Å². The lowest BCUT2D eigenvalue weighted by atomic mass is 9.93. The molecule has 1 fully saturated rings. The Kier molecular flexibility index (Phi) is 3.68. The standard InChI is InChI=1S/C17H18N4O3/c22-16(23)10-12-9-14(19-18-12)11-5-7-21(8-6-11)17-13-3-1-2-4-15(13)24-20-17/h1-4,9,11H,5-8,10H2,(H,18,19)(H,22,23). The normalized spacial score (nSPS) is 15.9. The van der Waals surface area contributed by atoms with Crippen LogP contribution in [0.15, 0.2) is 34.9 Å². The molecule has 0 radical (unpaired) electrons. The highest BCUT2D eigenvalue weighted by Crippen LogP contribution is 2.32. The van der Waals surface area contributed by atoms with Gasteiger partial charge in [0.25, 0.3) is 0 Å². The number of carboxylic acids is 1. The topological polar surface area (TPSA) is 95.2 Å². The number of anilines is 1. The summed E-state index contributed by atoms with van der Waals surface area (Å²) in [7, 11) is 0. The first-order valence-electron chi connectivity index (χ1n) is 8.06. The molecule has 7 heteroatoms. The van der Waals surface area contributed by atoms with Crippen LogP contribution in [0.2, 0.25) is 0 Å². The highest BCUT2D eigenvalue weighted by atomic mass is 16.5. The molecule has 2 N–H and O–H groups in total. The van der Waals surface area contributed by atoms with Gasteiger partial charge in [0.1, 0.15) is 0 Å². The summed E-state index contributed by atoms with van der Waals surface area (Å²) in [6.45, 7) is 1.75. The molecule has 0 spiro atoms. The van der Waals surface area contributed by atoms with Crippen LogP contribution >= 0.6 is 0 Å². The van der Waals surface area contributed by atoms with Gasteiger partial charge in [0.15, 0.2) is 11.4 Å². The Morgan fingerprint density at radius 1 is 1.33 bits per heavy atom. The van der Waals surface area contributed by atoms with E-state index in [1.807, 2.05) is 30.3 Å². The summed E-state index contributed by atoms with van der Waals surface area (Å²) in [6.07, 6.45) is 1.90. The molecule has 0 amide bonds. The molecule has 1 aromatic carbocycles. The molecular weight excluding hydrogens is 308 g/mol. The van der Waals surface area contributed by atoms with Crippen molar-refractivity contribution in [2.45, 2.75) is 25.2 Å². The minimum Gasteiger partial charge on any atom is -0.481 e. The number of carboxylic acid groups (broad SMARTS) is 1. The average Bonchev–Trinajstić information content (AvgIpc) is 3.21. The number of nitrogens with one attached hydrogen (secondary N) is 1. The van der Waals surface area contributed by atoms with Crippen molar-refractivity contribution in [2.75, 3.05) is 18.0 Å². The molecule has 7 nitrogen and oxygen atoms in total. The van der Waals surface area contributed by atoms with Gasteiger partial charge in [-0.05, 0) is 31.0 Å². The van der Waals surface area contributed by atoms with Gasteiger partial charge in [0.05, 0.1) is 17.5 Å². The number of hydrogen-bond donors (Lipinski definition) is 2. The van der Waals surface area contributed by atoms with Crippen molar-refractivity contribution in [3.8, 4) is 0 Å². The molecule has 0 atom stereocenters. The van der Waals surface area contributed by atoms with E-state index < -0.39 is 5.97 Å². The van der Waals surface area contributed by atoms with Crippen LogP contribution in [0.25, 0.3) is 11.0 Å². The second kappa shape index (κ2) is 5.99. The maximum absolute atomic E-state index is 10.8.